The molecule has 2 saturated heterocycles. The Bertz CT molecular complexity index is 493. The molecule has 1 saturated carbocycles. The van der Waals surface area contributed by atoms with Gasteiger partial charge in [-0.3, -0.25) is 14.5 Å². The first kappa shape index (κ1) is 14.7. The second kappa shape index (κ2) is 4.38. The molecule has 0 spiro atoms. The number of nitrogens with zero attached hydrogens (tertiary/aromatic N) is 1. The maximum Gasteiger partial charge on any atom is 0.327 e. The van der Waals surface area contributed by atoms with Crippen molar-refractivity contribution in [1.82, 2.24) is 4.90 Å². The number of alkyl halides is 2. The van der Waals surface area contributed by atoms with Crippen molar-refractivity contribution in [2.24, 2.45) is 23.5 Å². The van der Waals surface area contributed by atoms with E-state index >= 15 is 0 Å². The molecular weight excluding hydrogens is 282 g/mol. The Morgan fingerprint density at radius 1 is 1.38 bits per heavy atom. The van der Waals surface area contributed by atoms with E-state index in [-0.39, 0.29) is 37.5 Å². The number of ether oxygens (including phenoxy) is 1. The number of nitrogens with two attached hydrogens (primary N) is 1. The van der Waals surface area contributed by atoms with Crippen molar-refractivity contribution >= 4 is 11.9 Å². The predicted molar refractivity (Wildman–Crippen MR) is 69.4 cm³/mol. The van der Waals surface area contributed by atoms with E-state index in [0.717, 1.165) is 0 Å². The second-order valence-electron chi connectivity index (χ2n) is 6.72. The highest BCUT2D eigenvalue weighted by atomic mass is 19.3. The van der Waals surface area contributed by atoms with Crippen molar-refractivity contribution in [3.8, 4) is 0 Å². The van der Waals surface area contributed by atoms with E-state index in [2.05, 4.69) is 0 Å². The lowest BCUT2D eigenvalue weighted by Gasteiger charge is -2.54. The van der Waals surface area contributed by atoms with Crippen LogP contribution in [0.5, 0.6) is 0 Å². The van der Waals surface area contributed by atoms with Crippen molar-refractivity contribution in [2.75, 3.05) is 13.1 Å². The van der Waals surface area contributed by atoms with Crippen molar-refractivity contribution < 1.29 is 23.1 Å². The average molecular weight is 302 g/mol. The molecule has 3 rings (SSSR count). The van der Waals surface area contributed by atoms with Gasteiger partial charge >= 0.3 is 5.97 Å². The first-order chi connectivity index (χ1) is 9.68. The maximum atomic E-state index is 14.2. The molecule has 2 N–H and O–H groups in total. The van der Waals surface area contributed by atoms with Gasteiger partial charge < -0.3 is 10.5 Å². The lowest BCUT2D eigenvalue weighted by molar-refractivity contribution is -0.182. The lowest BCUT2D eigenvalue weighted by atomic mass is 9.64. The Labute approximate surface area is 121 Å². The SMILES string of the molecule is CC1OC(=O)C2(N3CC(C(N)=O)C3)CC(F)(F)C(C)CC12. The smallest absolute Gasteiger partial charge is 0.327 e. The number of rotatable bonds is 2. The van der Waals surface area contributed by atoms with Crippen LogP contribution in [-0.4, -0.2) is 47.4 Å². The van der Waals surface area contributed by atoms with Gasteiger partial charge in [0.05, 0.1) is 5.92 Å². The van der Waals surface area contributed by atoms with Gasteiger partial charge in [-0.2, -0.15) is 0 Å². The zero-order valence-corrected chi connectivity index (χ0v) is 12.1. The minimum absolute atomic E-state index is 0.248. The predicted octanol–water partition coefficient (Wildman–Crippen LogP) is 0.769. The summed E-state index contributed by atoms with van der Waals surface area (Å²) >= 11 is 0. The number of carbonyl (C=O) groups excluding carboxylic acids is 2. The van der Waals surface area contributed by atoms with E-state index in [0.29, 0.717) is 0 Å². The van der Waals surface area contributed by atoms with E-state index in [9.17, 15) is 18.4 Å². The molecule has 3 fully saturated rings. The first-order valence-corrected chi connectivity index (χ1v) is 7.31. The molecule has 21 heavy (non-hydrogen) atoms. The Hall–Kier alpha value is -1.24. The zero-order valence-electron chi connectivity index (χ0n) is 12.1. The maximum absolute atomic E-state index is 14.2. The molecule has 0 bridgehead atoms. The van der Waals surface area contributed by atoms with Crippen molar-refractivity contribution in [2.45, 2.75) is 44.3 Å². The summed E-state index contributed by atoms with van der Waals surface area (Å²) in [6.45, 7) is 3.80. The fourth-order valence-corrected chi connectivity index (χ4v) is 4.03. The van der Waals surface area contributed by atoms with Gasteiger partial charge in [0, 0.05) is 31.3 Å². The molecule has 0 radical (unpaired) electrons. The van der Waals surface area contributed by atoms with E-state index < -0.39 is 35.7 Å². The summed E-state index contributed by atoms with van der Waals surface area (Å²) in [5.41, 5.74) is 3.94. The Kier molecular flexibility index (Phi) is 3.06. The second-order valence-corrected chi connectivity index (χ2v) is 6.72. The molecule has 1 aliphatic carbocycles. The molecule has 0 aromatic carbocycles. The molecule has 2 heterocycles. The summed E-state index contributed by atoms with van der Waals surface area (Å²) in [5, 5.41) is 0. The van der Waals surface area contributed by atoms with Gasteiger partial charge in [-0.05, 0) is 13.3 Å². The monoisotopic (exact) mass is 302 g/mol. The zero-order chi connectivity index (χ0) is 15.6. The molecule has 4 unspecified atom stereocenters. The highest BCUT2D eigenvalue weighted by Gasteiger charge is 2.68. The number of carbonyl (C=O) groups is 2. The highest BCUT2D eigenvalue weighted by Crippen LogP contribution is 2.55. The van der Waals surface area contributed by atoms with Crippen LogP contribution < -0.4 is 5.73 Å². The molecule has 1 amide bonds. The van der Waals surface area contributed by atoms with Crippen LogP contribution in [0.15, 0.2) is 0 Å². The minimum Gasteiger partial charge on any atom is -0.461 e. The third kappa shape index (κ3) is 1.89. The van der Waals surface area contributed by atoms with Gasteiger partial charge in [0.1, 0.15) is 11.6 Å². The van der Waals surface area contributed by atoms with Crippen LogP contribution in [0.2, 0.25) is 0 Å². The lowest BCUT2D eigenvalue weighted by Crippen LogP contribution is -2.70. The number of primary amides is 1. The quantitative estimate of drug-likeness (QED) is 0.765. The fourth-order valence-electron chi connectivity index (χ4n) is 4.03. The molecule has 118 valence electrons. The van der Waals surface area contributed by atoms with Gasteiger partial charge in [0.15, 0.2) is 0 Å². The number of hydrogen-bond acceptors (Lipinski definition) is 4. The van der Waals surface area contributed by atoms with Crippen LogP contribution in [0.25, 0.3) is 0 Å². The average Bonchev–Trinajstić information content (AvgIpc) is 2.50. The van der Waals surface area contributed by atoms with Gasteiger partial charge in [-0.1, -0.05) is 6.92 Å². The van der Waals surface area contributed by atoms with Crippen LogP contribution in [-0.2, 0) is 14.3 Å². The van der Waals surface area contributed by atoms with Gasteiger partial charge in [0.2, 0.25) is 5.91 Å². The third-order valence-electron chi connectivity index (χ3n) is 5.51. The third-order valence-corrected chi connectivity index (χ3v) is 5.51. The molecular formula is C14H20F2N2O3. The van der Waals surface area contributed by atoms with Crippen molar-refractivity contribution in [1.29, 1.82) is 0 Å². The number of amides is 1. The van der Waals surface area contributed by atoms with Crippen molar-refractivity contribution in [3.05, 3.63) is 0 Å². The fraction of sp³-hybridized carbons (Fsp3) is 0.857. The summed E-state index contributed by atoms with van der Waals surface area (Å²) in [5.74, 6) is -5.33. The molecule has 3 aliphatic rings. The summed E-state index contributed by atoms with van der Waals surface area (Å²) in [4.78, 5) is 25.2. The Morgan fingerprint density at radius 2 is 2.00 bits per heavy atom. The molecule has 7 heteroatoms. The van der Waals surface area contributed by atoms with E-state index in [1.807, 2.05) is 0 Å². The van der Waals surface area contributed by atoms with Crippen LogP contribution in [0.1, 0.15) is 26.7 Å². The van der Waals surface area contributed by atoms with Gasteiger partial charge in [0.25, 0.3) is 5.92 Å². The number of esters is 1. The summed E-state index contributed by atoms with van der Waals surface area (Å²) in [7, 11) is 0. The first-order valence-electron chi connectivity index (χ1n) is 7.31. The van der Waals surface area contributed by atoms with Crippen molar-refractivity contribution in [3.63, 3.8) is 0 Å². The van der Waals surface area contributed by atoms with Crippen LogP contribution in [0.3, 0.4) is 0 Å². The molecule has 0 aromatic rings. The van der Waals surface area contributed by atoms with E-state index in [1.54, 1.807) is 11.8 Å². The van der Waals surface area contributed by atoms with E-state index in [1.165, 1.54) is 6.92 Å². The number of likely N-dealkylation sites (tertiary alicyclic amines) is 1. The molecule has 2 aliphatic heterocycles. The van der Waals surface area contributed by atoms with Crippen LogP contribution >= 0.6 is 0 Å². The Morgan fingerprint density at radius 3 is 2.57 bits per heavy atom. The topological polar surface area (TPSA) is 72.6 Å². The number of halogens is 2. The van der Waals surface area contributed by atoms with Gasteiger partial charge in [-0.25, -0.2) is 8.78 Å². The highest BCUT2D eigenvalue weighted by molar-refractivity contribution is 5.85. The molecule has 0 aromatic heterocycles. The summed E-state index contributed by atoms with van der Waals surface area (Å²) in [6.07, 6.45) is -0.651. The number of fused-ring (bicyclic) bond motifs is 1. The normalized spacial score (nSPS) is 43.0. The largest absolute Gasteiger partial charge is 0.461 e. The Balaban J connectivity index is 1.92. The molecule has 4 atom stereocenters. The number of hydrogen-bond donors (Lipinski definition) is 1. The molecule has 5 nitrogen and oxygen atoms in total. The summed E-state index contributed by atoms with van der Waals surface area (Å²) in [6, 6.07) is 0. The standard InChI is InChI=1S/C14H20F2N2O3/c1-7-3-10-8(2)21-12(20)13(10,6-14(7,15)16)18-4-9(5-18)11(17)19/h7-10H,3-6H2,1-2H3,(H2,17,19). The summed E-state index contributed by atoms with van der Waals surface area (Å²) < 4.78 is 33.7. The van der Waals surface area contributed by atoms with Crippen LogP contribution in [0, 0.1) is 17.8 Å². The number of cyclic esters (lactones) is 1. The van der Waals surface area contributed by atoms with Crippen LogP contribution in [0.4, 0.5) is 8.78 Å². The minimum atomic E-state index is -2.91. The van der Waals surface area contributed by atoms with E-state index in [4.69, 9.17) is 10.5 Å². The van der Waals surface area contributed by atoms with Gasteiger partial charge in [-0.15, -0.1) is 0 Å².